The lowest BCUT2D eigenvalue weighted by Gasteiger charge is -2.25. The van der Waals surface area contributed by atoms with E-state index in [0.717, 1.165) is 71.8 Å². The molecule has 2 aromatic rings. The minimum absolute atomic E-state index is 0.350. The third-order valence-corrected chi connectivity index (χ3v) is 5.57. The molecule has 1 aliphatic heterocycles. The van der Waals surface area contributed by atoms with Gasteiger partial charge < -0.3 is 15.0 Å². The molecule has 0 saturated carbocycles. The molecule has 1 saturated heterocycles. The molecule has 0 unspecified atom stereocenters. The van der Waals surface area contributed by atoms with Gasteiger partial charge in [-0.1, -0.05) is 43.9 Å². The highest BCUT2D eigenvalue weighted by Crippen LogP contribution is 2.29. The lowest BCUT2D eigenvalue weighted by molar-refractivity contribution is 0.0904. The Balaban J connectivity index is 2.04. The summed E-state index contributed by atoms with van der Waals surface area (Å²) in [6.07, 6.45) is 11.0. The first-order valence-electron chi connectivity index (χ1n) is 11.6. The highest BCUT2D eigenvalue weighted by Gasteiger charge is 2.18. The standard InChI is InChI=1S/C28H36N4O/c1-6-9-24(19-29-3)26-12-13-27(31-28(26)30-25-14-16-33-17-15-25)23-11-8-10-22(18-23)21(7-2)20-32(4)5/h7-13,18-20,25H,2,6,14-17H2,1,3-5H3,(H,30,31)/b21-20+,24-9+,29-19-. The van der Waals surface area contributed by atoms with E-state index in [1.54, 1.807) is 7.05 Å². The molecule has 5 heteroatoms. The quantitative estimate of drug-likeness (QED) is 0.385. The largest absolute Gasteiger partial charge is 0.383 e. The molecule has 3 rings (SSSR count). The molecule has 1 aromatic heterocycles. The van der Waals surface area contributed by atoms with Crippen molar-refractivity contribution in [1.82, 2.24) is 9.88 Å². The lowest BCUT2D eigenvalue weighted by Crippen LogP contribution is -2.28. The average molecular weight is 445 g/mol. The minimum atomic E-state index is 0.350. The Morgan fingerprint density at radius 2 is 2.00 bits per heavy atom. The fourth-order valence-electron chi connectivity index (χ4n) is 3.97. The van der Waals surface area contributed by atoms with Crippen LogP contribution in [-0.4, -0.2) is 56.5 Å². The van der Waals surface area contributed by atoms with Gasteiger partial charge in [0, 0.05) is 63.9 Å². The van der Waals surface area contributed by atoms with Gasteiger partial charge in [0.15, 0.2) is 0 Å². The van der Waals surface area contributed by atoms with E-state index in [1.807, 2.05) is 31.3 Å². The van der Waals surface area contributed by atoms with E-state index in [9.17, 15) is 0 Å². The summed E-state index contributed by atoms with van der Waals surface area (Å²) in [5, 5.41) is 3.70. The first kappa shape index (κ1) is 24.5. The first-order chi connectivity index (χ1) is 16.0. The third kappa shape index (κ3) is 6.65. The molecule has 33 heavy (non-hydrogen) atoms. The van der Waals surface area contributed by atoms with E-state index in [-0.39, 0.29) is 0 Å². The highest BCUT2D eigenvalue weighted by molar-refractivity contribution is 6.11. The molecule has 0 radical (unpaired) electrons. The zero-order valence-corrected chi connectivity index (χ0v) is 20.3. The van der Waals surface area contributed by atoms with Gasteiger partial charge in [0.1, 0.15) is 5.82 Å². The molecule has 5 nitrogen and oxygen atoms in total. The Morgan fingerprint density at radius 1 is 1.21 bits per heavy atom. The number of pyridine rings is 1. The molecule has 1 aliphatic rings. The number of benzene rings is 1. The van der Waals surface area contributed by atoms with Crippen molar-refractivity contribution in [3.05, 3.63) is 72.5 Å². The van der Waals surface area contributed by atoms with Crippen molar-refractivity contribution in [3.63, 3.8) is 0 Å². The number of anilines is 1. The minimum Gasteiger partial charge on any atom is -0.383 e. The zero-order chi connectivity index (χ0) is 23.6. The second-order valence-corrected chi connectivity index (χ2v) is 8.41. The van der Waals surface area contributed by atoms with Crippen LogP contribution in [0.2, 0.25) is 0 Å². The van der Waals surface area contributed by atoms with Crippen molar-refractivity contribution >= 4 is 23.2 Å². The maximum atomic E-state index is 5.55. The lowest BCUT2D eigenvalue weighted by atomic mass is 10.00. The van der Waals surface area contributed by atoms with Crippen molar-refractivity contribution in [2.45, 2.75) is 32.2 Å². The van der Waals surface area contributed by atoms with Crippen molar-refractivity contribution in [3.8, 4) is 11.3 Å². The molecular formula is C28H36N4O. The first-order valence-corrected chi connectivity index (χ1v) is 11.6. The van der Waals surface area contributed by atoms with E-state index >= 15 is 0 Å². The van der Waals surface area contributed by atoms with Gasteiger partial charge in [-0.3, -0.25) is 4.99 Å². The maximum absolute atomic E-state index is 5.55. The van der Waals surface area contributed by atoms with E-state index < -0.39 is 0 Å². The van der Waals surface area contributed by atoms with Crippen molar-refractivity contribution in [1.29, 1.82) is 0 Å². The Bertz CT molecular complexity index is 1030. The zero-order valence-electron chi connectivity index (χ0n) is 20.3. The highest BCUT2D eigenvalue weighted by atomic mass is 16.5. The molecule has 1 N–H and O–H groups in total. The molecule has 1 fully saturated rings. The topological polar surface area (TPSA) is 49.8 Å². The van der Waals surface area contributed by atoms with Gasteiger partial charge in [0.25, 0.3) is 0 Å². The summed E-state index contributed by atoms with van der Waals surface area (Å²) < 4.78 is 5.55. The molecule has 174 valence electrons. The van der Waals surface area contributed by atoms with Crippen molar-refractivity contribution < 1.29 is 4.74 Å². The van der Waals surface area contributed by atoms with E-state index in [2.05, 4.69) is 72.5 Å². The summed E-state index contributed by atoms with van der Waals surface area (Å²) >= 11 is 0. The summed E-state index contributed by atoms with van der Waals surface area (Å²) in [7, 11) is 5.84. The van der Waals surface area contributed by atoms with Gasteiger partial charge >= 0.3 is 0 Å². The fraction of sp³-hybridized carbons (Fsp3) is 0.357. The van der Waals surface area contributed by atoms with Crippen LogP contribution in [0.5, 0.6) is 0 Å². The molecular weight excluding hydrogens is 408 g/mol. The van der Waals surface area contributed by atoms with Crippen LogP contribution in [0, 0.1) is 0 Å². The molecule has 0 amide bonds. The molecule has 0 bridgehead atoms. The Kier molecular flexibility index (Phi) is 9.02. The monoisotopic (exact) mass is 444 g/mol. The number of aliphatic imine (C=N–C) groups is 1. The number of nitrogens with one attached hydrogen (secondary N) is 1. The average Bonchev–Trinajstić information content (AvgIpc) is 2.83. The number of rotatable bonds is 9. The number of nitrogens with zero attached hydrogens (tertiary/aromatic N) is 3. The van der Waals surface area contributed by atoms with Crippen LogP contribution < -0.4 is 5.32 Å². The van der Waals surface area contributed by atoms with E-state index in [1.165, 1.54) is 0 Å². The number of hydrogen-bond acceptors (Lipinski definition) is 5. The molecule has 0 aliphatic carbocycles. The molecule has 1 aromatic carbocycles. The van der Waals surface area contributed by atoms with E-state index in [4.69, 9.17) is 9.72 Å². The summed E-state index contributed by atoms with van der Waals surface area (Å²) in [6.45, 7) is 7.69. The van der Waals surface area contributed by atoms with Gasteiger partial charge in [0.05, 0.1) is 5.69 Å². The normalized spacial score (nSPS) is 15.6. The van der Waals surface area contributed by atoms with E-state index in [0.29, 0.717) is 6.04 Å². The van der Waals surface area contributed by atoms with Gasteiger partial charge in [-0.15, -0.1) is 0 Å². The maximum Gasteiger partial charge on any atom is 0.134 e. The second-order valence-electron chi connectivity index (χ2n) is 8.41. The van der Waals surface area contributed by atoms with Gasteiger partial charge in [0.2, 0.25) is 0 Å². The van der Waals surface area contributed by atoms with Gasteiger partial charge in [-0.25, -0.2) is 4.98 Å². The second kappa shape index (κ2) is 12.2. The third-order valence-electron chi connectivity index (χ3n) is 5.57. The number of allylic oxidation sites excluding steroid dienone is 4. The smallest absolute Gasteiger partial charge is 0.134 e. The SMILES string of the molecule is C=C/C(=C\N(C)C)c1cccc(-c2ccc(C(/C=N\C)=C/CC)c(NC3CCOCC3)n2)c1. The summed E-state index contributed by atoms with van der Waals surface area (Å²) in [4.78, 5) is 11.4. The van der Waals surface area contributed by atoms with Crippen LogP contribution in [0.3, 0.4) is 0 Å². The van der Waals surface area contributed by atoms with Gasteiger partial charge in [-0.2, -0.15) is 0 Å². The van der Waals surface area contributed by atoms with Crippen LogP contribution in [0.15, 0.2) is 66.3 Å². The Morgan fingerprint density at radius 3 is 2.67 bits per heavy atom. The van der Waals surface area contributed by atoms with Crippen molar-refractivity contribution in [2.24, 2.45) is 4.99 Å². The Labute approximate surface area is 198 Å². The summed E-state index contributed by atoms with van der Waals surface area (Å²) in [5.41, 5.74) is 6.37. The fourth-order valence-corrected chi connectivity index (χ4v) is 3.97. The van der Waals surface area contributed by atoms with Crippen molar-refractivity contribution in [2.75, 3.05) is 39.7 Å². The van der Waals surface area contributed by atoms with Crippen LogP contribution in [0.25, 0.3) is 22.4 Å². The predicted octanol–water partition coefficient (Wildman–Crippen LogP) is 5.92. The number of ether oxygens (including phenoxy) is 1. The van der Waals surface area contributed by atoms with Crippen LogP contribution in [0.1, 0.15) is 37.3 Å². The molecule has 0 atom stereocenters. The predicted molar refractivity (Wildman–Crippen MR) is 142 cm³/mol. The summed E-state index contributed by atoms with van der Waals surface area (Å²) in [5.74, 6) is 0.900. The van der Waals surface area contributed by atoms with Gasteiger partial charge in [-0.05, 0) is 54.2 Å². The number of aromatic nitrogens is 1. The molecule has 0 spiro atoms. The number of hydrogen-bond donors (Lipinski definition) is 1. The Hall–Kier alpha value is -3.18. The van der Waals surface area contributed by atoms with Crippen LogP contribution >= 0.6 is 0 Å². The van der Waals surface area contributed by atoms with Crippen LogP contribution in [0.4, 0.5) is 5.82 Å². The van der Waals surface area contributed by atoms with Crippen LogP contribution in [-0.2, 0) is 4.74 Å². The molecule has 2 heterocycles. The summed E-state index contributed by atoms with van der Waals surface area (Å²) in [6, 6.07) is 13.1.